The maximum atomic E-state index is 11.9. The maximum Gasteiger partial charge on any atom is 0.224 e. The summed E-state index contributed by atoms with van der Waals surface area (Å²) in [7, 11) is 0. The van der Waals surface area contributed by atoms with Gasteiger partial charge in [-0.25, -0.2) is 0 Å². The summed E-state index contributed by atoms with van der Waals surface area (Å²) in [6, 6.07) is 3.80. The fourth-order valence-electron chi connectivity index (χ4n) is 2.67. The predicted octanol–water partition coefficient (Wildman–Crippen LogP) is 6.92. The van der Waals surface area contributed by atoms with Crippen molar-refractivity contribution >= 4 is 11.6 Å². The summed E-state index contributed by atoms with van der Waals surface area (Å²) < 4.78 is 0. The van der Waals surface area contributed by atoms with Crippen molar-refractivity contribution in [3.8, 4) is 0 Å². The van der Waals surface area contributed by atoms with Gasteiger partial charge in [0.2, 0.25) is 5.91 Å². The Hall–Kier alpha value is -2.16. The molecule has 0 fully saturated rings. The van der Waals surface area contributed by atoms with Crippen LogP contribution in [-0.4, -0.2) is 10.9 Å². The molecule has 0 aliphatic carbocycles. The first-order valence-electron chi connectivity index (χ1n) is 10.4. The van der Waals surface area contributed by atoms with Crippen LogP contribution in [0.3, 0.4) is 0 Å². The number of aryl methyl sites for hydroxylation is 1. The lowest BCUT2D eigenvalue weighted by Gasteiger charge is -2.05. The van der Waals surface area contributed by atoms with Crippen LogP contribution in [0.15, 0.2) is 54.8 Å². The molecule has 27 heavy (non-hydrogen) atoms. The van der Waals surface area contributed by atoms with Gasteiger partial charge in [0, 0.05) is 12.1 Å². The average molecular weight is 369 g/mol. The van der Waals surface area contributed by atoms with Crippen molar-refractivity contribution in [3.05, 3.63) is 60.5 Å². The zero-order chi connectivity index (χ0) is 19.6. The molecule has 1 amide bonds. The number of carbonyl (C=O) groups is 1. The lowest BCUT2D eigenvalue weighted by atomic mass is 10.1. The highest BCUT2D eigenvalue weighted by Crippen LogP contribution is 2.10. The van der Waals surface area contributed by atoms with Crippen molar-refractivity contribution in [3.63, 3.8) is 0 Å². The summed E-state index contributed by atoms with van der Waals surface area (Å²) in [6.07, 6.45) is 25.8. The molecule has 0 unspecified atom stereocenters. The smallest absolute Gasteiger partial charge is 0.224 e. The van der Waals surface area contributed by atoms with E-state index < -0.39 is 0 Å². The third-order valence-electron chi connectivity index (χ3n) is 4.25. The molecular formula is C24H36N2O. The molecule has 0 saturated heterocycles. The Labute approximate surface area is 165 Å². The zero-order valence-corrected chi connectivity index (χ0v) is 17.1. The second-order valence-corrected chi connectivity index (χ2v) is 6.84. The fraction of sp³-hybridized carbons (Fsp3) is 0.500. The standard InChI is InChI=1S/C24H36N2O/c1-3-4-5-6-7-8-9-10-11-12-13-14-15-16-17-18-24(27)26-23-20-19-22(2)25-21-23/h4-5,7-8,10-11,19-21H,3,6,9,12-18H2,1-2H3,(H,26,27)/b5-4-,8-7-,11-10-. The Morgan fingerprint density at radius 1 is 0.926 bits per heavy atom. The number of anilines is 1. The first kappa shape index (κ1) is 22.9. The minimum Gasteiger partial charge on any atom is -0.325 e. The Bertz CT molecular complexity index is 585. The number of hydrogen-bond acceptors (Lipinski definition) is 2. The Kier molecular flexibility index (Phi) is 13.6. The topological polar surface area (TPSA) is 42.0 Å². The number of nitrogens with one attached hydrogen (secondary N) is 1. The van der Waals surface area contributed by atoms with Crippen LogP contribution in [0.1, 0.15) is 76.8 Å². The summed E-state index contributed by atoms with van der Waals surface area (Å²) in [5.41, 5.74) is 1.74. The zero-order valence-electron chi connectivity index (χ0n) is 17.1. The van der Waals surface area contributed by atoms with Crippen LogP contribution < -0.4 is 5.32 Å². The average Bonchev–Trinajstić information content (AvgIpc) is 2.66. The minimum atomic E-state index is 0.0850. The van der Waals surface area contributed by atoms with Crippen LogP contribution in [0.25, 0.3) is 0 Å². The molecule has 0 aromatic carbocycles. The summed E-state index contributed by atoms with van der Waals surface area (Å²) in [4.78, 5) is 16.1. The van der Waals surface area contributed by atoms with Crippen molar-refractivity contribution in [1.82, 2.24) is 4.98 Å². The molecule has 3 nitrogen and oxygen atoms in total. The third kappa shape index (κ3) is 13.7. The van der Waals surface area contributed by atoms with Gasteiger partial charge in [-0.15, -0.1) is 0 Å². The van der Waals surface area contributed by atoms with Crippen LogP contribution in [0, 0.1) is 6.92 Å². The molecule has 1 heterocycles. The third-order valence-corrected chi connectivity index (χ3v) is 4.25. The monoisotopic (exact) mass is 368 g/mol. The highest BCUT2D eigenvalue weighted by atomic mass is 16.1. The number of rotatable bonds is 14. The molecule has 0 aliphatic heterocycles. The van der Waals surface area contributed by atoms with Gasteiger partial charge < -0.3 is 5.32 Å². The van der Waals surface area contributed by atoms with Gasteiger partial charge in [-0.1, -0.05) is 62.6 Å². The highest BCUT2D eigenvalue weighted by molar-refractivity contribution is 5.90. The molecule has 1 aromatic rings. The van der Waals surface area contributed by atoms with Gasteiger partial charge in [0.1, 0.15) is 0 Å². The summed E-state index contributed by atoms with van der Waals surface area (Å²) in [5.74, 6) is 0.0850. The first-order chi connectivity index (χ1) is 13.2. The van der Waals surface area contributed by atoms with E-state index in [1.165, 1.54) is 19.3 Å². The molecule has 0 bridgehead atoms. The molecule has 1 aromatic heterocycles. The highest BCUT2D eigenvalue weighted by Gasteiger charge is 2.02. The van der Waals surface area contributed by atoms with Gasteiger partial charge >= 0.3 is 0 Å². The van der Waals surface area contributed by atoms with Gasteiger partial charge in [0.25, 0.3) is 0 Å². The van der Waals surface area contributed by atoms with Crippen LogP contribution in [0.5, 0.6) is 0 Å². The molecule has 0 aliphatic rings. The van der Waals surface area contributed by atoms with E-state index in [4.69, 9.17) is 0 Å². The second-order valence-electron chi connectivity index (χ2n) is 6.84. The van der Waals surface area contributed by atoms with Crippen molar-refractivity contribution < 1.29 is 4.79 Å². The number of pyridine rings is 1. The number of amides is 1. The quantitative estimate of drug-likeness (QED) is 0.286. The van der Waals surface area contributed by atoms with E-state index in [-0.39, 0.29) is 5.91 Å². The van der Waals surface area contributed by atoms with Crippen molar-refractivity contribution in [2.24, 2.45) is 0 Å². The predicted molar refractivity (Wildman–Crippen MR) is 117 cm³/mol. The number of unbranched alkanes of at least 4 members (excludes halogenated alkanes) is 5. The molecule has 0 spiro atoms. The molecule has 3 heteroatoms. The Morgan fingerprint density at radius 3 is 2.30 bits per heavy atom. The van der Waals surface area contributed by atoms with Gasteiger partial charge in [-0.05, 0) is 57.6 Å². The Balaban J connectivity index is 1.92. The summed E-state index contributed by atoms with van der Waals surface area (Å²) in [5, 5.41) is 2.90. The van der Waals surface area contributed by atoms with E-state index in [9.17, 15) is 4.79 Å². The number of allylic oxidation sites excluding steroid dienone is 6. The van der Waals surface area contributed by atoms with Gasteiger partial charge in [0.15, 0.2) is 0 Å². The summed E-state index contributed by atoms with van der Waals surface area (Å²) in [6.45, 7) is 4.09. The van der Waals surface area contributed by atoms with E-state index >= 15 is 0 Å². The number of hydrogen-bond donors (Lipinski definition) is 1. The van der Waals surface area contributed by atoms with Gasteiger partial charge in [0.05, 0.1) is 11.9 Å². The fourth-order valence-corrected chi connectivity index (χ4v) is 2.67. The van der Waals surface area contributed by atoms with Crippen LogP contribution in [0.2, 0.25) is 0 Å². The number of nitrogens with zero attached hydrogens (tertiary/aromatic N) is 1. The molecule has 1 N–H and O–H groups in total. The van der Waals surface area contributed by atoms with Crippen molar-refractivity contribution in [2.45, 2.75) is 78.1 Å². The Morgan fingerprint density at radius 2 is 1.59 bits per heavy atom. The summed E-state index contributed by atoms with van der Waals surface area (Å²) >= 11 is 0. The maximum absolute atomic E-state index is 11.9. The molecular weight excluding hydrogens is 332 g/mol. The first-order valence-corrected chi connectivity index (χ1v) is 10.4. The molecule has 0 atom stereocenters. The molecule has 148 valence electrons. The van der Waals surface area contributed by atoms with Crippen molar-refractivity contribution in [2.75, 3.05) is 5.32 Å². The van der Waals surface area contributed by atoms with E-state index in [2.05, 4.69) is 53.7 Å². The van der Waals surface area contributed by atoms with E-state index in [0.717, 1.165) is 49.9 Å². The minimum absolute atomic E-state index is 0.0850. The lowest BCUT2D eigenvalue weighted by molar-refractivity contribution is -0.116. The largest absolute Gasteiger partial charge is 0.325 e. The normalized spacial score (nSPS) is 11.8. The van der Waals surface area contributed by atoms with Gasteiger partial charge in [-0.3, -0.25) is 9.78 Å². The van der Waals surface area contributed by atoms with Crippen molar-refractivity contribution in [1.29, 1.82) is 0 Å². The van der Waals surface area contributed by atoms with E-state index in [0.29, 0.717) is 6.42 Å². The molecule has 0 radical (unpaired) electrons. The van der Waals surface area contributed by atoms with Crippen LogP contribution in [0.4, 0.5) is 5.69 Å². The second kappa shape index (κ2) is 16.0. The van der Waals surface area contributed by atoms with E-state index in [1.54, 1.807) is 6.20 Å². The van der Waals surface area contributed by atoms with Crippen LogP contribution in [-0.2, 0) is 4.79 Å². The van der Waals surface area contributed by atoms with E-state index in [1.807, 2.05) is 19.1 Å². The lowest BCUT2D eigenvalue weighted by Crippen LogP contribution is -2.11. The number of aromatic nitrogens is 1. The number of carbonyl (C=O) groups excluding carboxylic acids is 1. The van der Waals surface area contributed by atoms with Crippen LogP contribution >= 0.6 is 0 Å². The molecule has 0 saturated carbocycles. The molecule has 1 rings (SSSR count). The SMILES string of the molecule is CC/C=C\C/C=C\C/C=C\CCCCCCCC(=O)Nc1ccc(C)nc1. The van der Waals surface area contributed by atoms with Gasteiger partial charge in [-0.2, -0.15) is 0 Å².